The molecule has 2 atom stereocenters. The van der Waals surface area contributed by atoms with Crippen molar-refractivity contribution in [2.45, 2.75) is 64.7 Å². The molecule has 1 saturated heterocycles. The van der Waals surface area contributed by atoms with Crippen molar-refractivity contribution in [1.82, 2.24) is 5.32 Å². The molecule has 118 valence electrons. The molecule has 1 aromatic carbocycles. The minimum absolute atomic E-state index is 0.0411. The molecular weight excluding hydrogens is 373 g/mol. The zero-order chi connectivity index (χ0) is 15.7. The largest absolute Gasteiger partial charge is 0.369 e. The highest BCUT2D eigenvalue weighted by molar-refractivity contribution is 14.1. The van der Waals surface area contributed by atoms with E-state index in [4.69, 9.17) is 4.74 Å². The molecule has 2 nitrogen and oxygen atoms in total. The summed E-state index contributed by atoms with van der Waals surface area (Å²) in [7, 11) is 0. The highest BCUT2D eigenvalue weighted by Gasteiger charge is 2.49. The number of hydrogen-bond acceptors (Lipinski definition) is 2. The molecule has 0 spiro atoms. The van der Waals surface area contributed by atoms with E-state index in [9.17, 15) is 0 Å². The molecule has 1 fully saturated rings. The number of rotatable bonds is 5. The van der Waals surface area contributed by atoms with Crippen molar-refractivity contribution in [3.8, 4) is 0 Å². The summed E-state index contributed by atoms with van der Waals surface area (Å²) in [6.45, 7) is 12.2. The predicted molar refractivity (Wildman–Crippen MR) is 97.5 cm³/mol. The van der Waals surface area contributed by atoms with Crippen LogP contribution in [0.4, 0.5) is 0 Å². The van der Waals surface area contributed by atoms with Gasteiger partial charge >= 0.3 is 0 Å². The van der Waals surface area contributed by atoms with Crippen LogP contribution in [0.2, 0.25) is 0 Å². The average molecular weight is 401 g/mol. The first-order valence-corrected chi connectivity index (χ1v) is 9.03. The second kappa shape index (κ2) is 6.55. The normalized spacial score (nSPS) is 25.0. The van der Waals surface area contributed by atoms with E-state index < -0.39 is 0 Å². The Bertz CT molecular complexity index is 484. The van der Waals surface area contributed by atoms with Crippen LogP contribution in [-0.2, 0) is 4.74 Å². The van der Waals surface area contributed by atoms with Crippen molar-refractivity contribution in [3.63, 3.8) is 0 Å². The highest BCUT2D eigenvalue weighted by atomic mass is 127. The van der Waals surface area contributed by atoms with Crippen LogP contribution in [0.5, 0.6) is 0 Å². The molecule has 1 aliphatic heterocycles. The summed E-state index contributed by atoms with van der Waals surface area (Å²) in [5.41, 5.74) is 1.26. The summed E-state index contributed by atoms with van der Waals surface area (Å²) < 4.78 is 7.67. The van der Waals surface area contributed by atoms with Gasteiger partial charge in [-0.1, -0.05) is 25.1 Å². The van der Waals surface area contributed by atoms with E-state index in [1.54, 1.807) is 0 Å². The summed E-state index contributed by atoms with van der Waals surface area (Å²) in [6.07, 6.45) is 2.24. The maximum Gasteiger partial charge on any atom is 0.0681 e. The van der Waals surface area contributed by atoms with E-state index in [1.807, 2.05) is 0 Å². The number of ether oxygens (including phenoxy) is 1. The van der Waals surface area contributed by atoms with Gasteiger partial charge in [-0.05, 0) is 81.3 Å². The molecule has 0 aromatic heterocycles. The van der Waals surface area contributed by atoms with Crippen LogP contribution >= 0.6 is 22.6 Å². The van der Waals surface area contributed by atoms with Crippen LogP contribution in [0.1, 0.15) is 59.1 Å². The average Bonchev–Trinajstić information content (AvgIpc) is 2.60. The number of hydrogen-bond donors (Lipinski definition) is 1. The fraction of sp³-hybridized carbons (Fsp3) is 0.667. The Kier molecular flexibility index (Phi) is 5.37. The van der Waals surface area contributed by atoms with Crippen molar-refractivity contribution < 1.29 is 4.74 Å². The third-order valence-electron chi connectivity index (χ3n) is 4.40. The maximum absolute atomic E-state index is 6.33. The van der Waals surface area contributed by atoms with Gasteiger partial charge in [-0.3, -0.25) is 0 Å². The second-order valence-electron chi connectivity index (χ2n) is 7.23. The third kappa shape index (κ3) is 3.99. The van der Waals surface area contributed by atoms with Crippen LogP contribution in [0, 0.1) is 9.49 Å². The van der Waals surface area contributed by atoms with Crippen LogP contribution in [0.3, 0.4) is 0 Å². The lowest BCUT2D eigenvalue weighted by molar-refractivity contribution is -0.0778. The third-order valence-corrected chi connectivity index (χ3v) is 5.38. The molecule has 3 heteroatoms. The van der Waals surface area contributed by atoms with Gasteiger partial charge in [0.1, 0.15) is 0 Å². The molecule has 1 heterocycles. The quantitative estimate of drug-likeness (QED) is 0.707. The molecule has 1 N–H and O–H groups in total. The molecule has 0 saturated carbocycles. The molecule has 2 rings (SSSR count). The Balaban J connectivity index is 2.35. The maximum atomic E-state index is 6.33. The number of benzene rings is 1. The fourth-order valence-corrected chi connectivity index (χ4v) is 4.34. The SMILES string of the molecule is CCCNC(c1ccccc1I)C1CC(C)(C)OC1(C)C. The first-order valence-electron chi connectivity index (χ1n) is 7.95. The van der Waals surface area contributed by atoms with Gasteiger partial charge in [0.05, 0.1) is 11.2 Å². The van der Waals surface area contributed by atoms with Gasteiger partial charge in [0, 0.05) is 15.5 Å². The first-order chi connectivity index (χ1) is 9.77. The van der Waals surface area contributed by atoms with Crippen molar-refractivity contribution >= 4 is 22.6 Å². The van der Waals surface area contributed by atoms with Crippen molar-refractivity contribution in [2.24, 2.45) is 5.92 Å². The van der Waals surface area contributed by atoms with E-state index in [1.165, 1.54) is 9.13 Å². The molecule has 0 amide bonds. The van der Waals surface area contributed by atoms with Gasteiger partial charge in [0.2, 0.25) is 0 Å². The summed E-state index contributed by atoms with van der Waals surface area (Å²) in [5.74, 6) is 0.481. The summed E-state index contributed by atoms with van der Waals surface area (Å²) in [4.78, 5) is 0. The molecule has 0 bridgehead atoms. The first kappa shape index (κ1) is 17.2. The van der Waals surface area contributed by atoms with E-state index >= 15 is 0 Å². The zero-order valence-corrected chi connectivity index (χ0v) is 16.0. The predicted octanol–water partition coefficient (Wildman–Crippen LogP) is 4.93. The molecule has 0 aliphatic carbocycles. The van der Waals surface area contributed by atoms with Gasteiger partial charge in [-0.15, -0.1) is 0 Å². The molecule has 2 unspecified atom stereocenters. The Morgan fingerprint density at radius 1 is 1.29 bits per heavy atom. The lowest BCUT2D eigenvalue weighted by Crippen LogP contribution is -2.39. The van der Waals surface area contributed by atoms with Gasteiger partial charge in [0.15, 0.2) is 0 Å². The van der Waals surface area contributed by atoms with Gasteiger partial charge in [-0.2, -0.15) is 0 Å². The van der Waals surface area contributed by atoms with Crippen LogP contribution in [-0.4, -0.2) is 17.7 Å². The molecule has 0 radical (unpaired) electrons. The van der Waals surface area contributed by atoms with E-state index in [2.05, 4.69) is 86.8 Å². The Morgan fingerprint density at radius 2 is 1.95 bits per heavy atom. The Morgan fingerprint density at radius 3 is 2.48 bits per heavy atom. The summed E-state index contributed by atoms with van der Waals surface area (Å²) in [6, 6.07) is 9.07. The molecular formula is C18H28INO. The monoisotopic (exact) mass is 401 g/mol. The smallest absolute Gasteiger partial charge is 0.0681 e. The lowest BCUT2D eigenvalue weighted by atomic mass is 9.79. The Hall–Kier alpha value is -0.130. The van der Waals surface area contributed by atoms with Crippen molar-refractivity contribution in [2.75, 3.05) is 6.54 Å². The summed E-state index contributed by atoms with van der Waals surface area (Å²) in [5, 5.41) is 3.78. The van der Waals surface area contributed by atoms with Crippen molar-refractivity contribution in [3.05, 3.63) is 33.4 Å². The number of nitrogens with one attached hydrogen (secondary N) is 1. The van der Waals surface area contributed by atoms with Gasteiger partial charge < -0.3 is 10.1 Å². The lowest BCUT2D eigenvalue weighted by Gasteiger charge is -2.34. The standard InChI is InChI=1S/C18H28INO/c1-6-11-20-16(13-9-7-8-10-15(13)19)14-12-17(2,3)21-18(14,4)5/h7-10,14,16,20H,6,11-12H2,1-5H3. The van der Waals surface area contributed by atoms with E-state index in [0.717, 1.165) is 19.4 Å². The van der Waals surface area contributed by atoms with Crippen LogP contribution in [0.25, 0.3) is 0 Å². The second-order valence-corrected chi connectivity index (χ2v) is 8.39. The molecule has 1 aromatic rings. The topological polar surface area (TPSA) is 21.3 Å². The number of halogens is 1. The minimum Gasteiger partial charge on any atom is -0.369 e. The zero-order valence-electron chi connectivity index (χ0n) is 13.9. The highest BCUT2D eigenvalue weighted by Crippen LogP contribution is 2.48. The van der Waals surface area contributed by atoms with Gasteiger partial charge in [0.25, 0.3) is 0 Å². The fourth-order valence-electron chi connectivity index (χ4n) is 3.62. The van der Waals surface area contributed by atoms with Crippen LogP contribution in [0.15, 0.2) is 24.3 Å². The molecule has 1 aliphatic rings. The van der Waals surface area contributed by atoms with E-state index in [0.29, 0.717) is 12.0 Å². The van der Waals surface area contributed by atoms with Crippen molar-refractivity contribution in [1.29, 1.82) is 0 Å². The molecule has 21 heavy (non-hydrogen) atoms. The van der Waals surface area contributed by atoms with Gasteiger partial charge in [-0.25, -0.2) is 0 Å². The van der Waals surface area contributed by atoms with E-state index in [-0.39, 0.29) is 11.2 Å². The summed E-state index contributed by atoms with van der Waals surface area (Å²) >= 11 is 2.45. The van der Waals surface area contributed by atoms with Crippen LogP contribution < -0.4 is 5.32 Å². The minimum atomic E-state index is -0.103. The Labute approximate surface area is 143 Å².